The highest BCUT2D eigenvalue weighted by molar-refractivity contribution is 8.05. The molecule has 2 atom stereocenters. The third-order valence-corrected chi connectivity index (χ3v) is 9.37. The van der Waals surface area contributed by atoms with Crippen LogP contribution >= 0.6 is 23.4 Å². The summed E-state index contributed by atoms with van der Waals surface area (Å²) in [6, 6.07) is 5.10. The molecule has 3 aliphatic rings. The van der Waals surface area contributed by atoms with Crippen molar-refractivity contribution >= 4 is 23.4 Å². The van der Waals surface area contributed by atoms with E-state index in [9.17, 15) is 13.2 Å². The van der Waals surface area contributed by atoms with Crippen LogP contribution in [0, 0.1) is 18.7 Å². The number of para-hydroxylation sites is 1. The first-order chi connectivity index (χ1) is 17.4. The van der Waals surface area contributed by atoms with Gasteiger partial charge in [0, 0.05) is 43.5 Å². The van der Waals surface area contributed by atoms with Gasteiger partial charge in [-0.1, -0.05) is 23.7 Å². The van der Waals surface area contributed by atoms with Crippen LogP contribution in [0.3, 0.4) is 0 Å². The Kier molecular flexibility index (Phi) is 7.24. The van der Waals surface area contributed by atoms with Crippen LogP contribution in [0.25, 0.3) is 5.69 Å². The standard InChI is InChI=1S/C27H34ClF3N4OS/c1-17-19(15-35(33-17)23-18(6-5-7-21(23)29)13-32-25(2,3)4)14-34-10-8-26(9-11-34)24-20(12-22(28)37-24)27(30,31)16-36-26/h5-7,12,15,20,24,32H,8-11,13-14,16H2,1-4H3. The zero-order chi connectivity index (χ0) is 26.6. The monoisotopic (exact) mass is 554 g/mol. The van der Waals surface area contributed by atoms with Gasteiger partial charge >= 0.3 is 0 Å². The summed E-state index contributed by atoms with van der Waals surface area (Å²) >= 11 is 7.49. The maximum atomic E-state index is 15.0. The summed E-state index contributed by atoms with van der Waals surface area (Å²) in [6.07, 6.45) is 4.75. The van der Waals surface area contributed by atoms with E-state index in [1.54, 1.807) is 10.7 Å². The molecular formula is C27H34ClF3N4OS. The third-order valence-electron chi connectivity index (χ3n) is 7.64. The Labute approximate surface area is 225 Å². The van der Waals surface area contributed by atoms with Gasteiger partial charge in [0.1, 0.15) is 18.1 Å². The summed E-state index contributed by atoms with van der Waals surface area (Å²) in [5, 5.41) is 7.71. The van der Waals surface area contributed by atoms with E-state index in [0.29, 0.717) is 36.0 Å². The molecule has 0 aliphatic carbocycles. The molecule has 4 heterocycles. The number of aromatic nitrogens is 2. The van der Waals surface area contributed by atoms with Crippen molar-refractivity contribution in [2.75, 3.05) is 19.7 Å². The molecule has 5 nitrogen and oxygen atoms in total. The van der Waals surface area contributed by atoms with Crippen molar-refractivity contribution in [3.05, 3.63) is 57.5 Å². The predicted molar refractivity (Wildman–Crippen MR) is 142 cm³/mol. The number of aryl methyl sites for hydroxylation is 1. The normalized spacial score (nSPS) is 25.4. The third kappa shape index (κ3) is 5.48. The van der Waals surface area contributed by atoms with Gasteiger partial charge in [-0.2, -0.15) is 5.10 Å². The van der Waals surface area contributed by atoms with E-state index in [-0.39, 0.29) is 16.6 Å². The number of rotatable bonds is 5. The number of likely N-dealkylation sites (tertiary alicyclic amines) is 1. The molecule has 1 N–H and O–H groups in total. The van der Waals surface area contributed by atoms with Gasteiger partial charge in [0.2, 0.25) is 0 Å². The summed E-state index contributed by atoms with van der Waals surface area (Å²) in [7, 11) is 0. The van der Waals surface area contributed by atoms with E-state index < -0.39 is 24.0 Å². The summed E-state index contributed by atoms with van der Waals surface area (Å²) in [4.78, 5) is 2.29. The fraction of sp³-hybridized carbons (Fsp3) is 0.593. The predicted octanol–water partition coefficient (Wildman–Crippen LogP) is 6.02. The molecule has 202 valence electrons. The van der Waals surface area contributed by atoms with Crippen LogP contribution in [-0.2, 0) is 17.8 Å². The molecule has 2 saturated heterocycles. The fourth-order valence-electron chi connectivity index (χ4n) is 5.50. The Bertz CT molecular complexity index is 1190. The Morgan fingerprint density at radius 2 is 1.95 bits per heavy atom. The first-order valence-electron chi connectivity index (χ1n) is 12.7. The first kappa shape index (κ1) is 27.1. The molecule has 2 unspecified atom stereocenters. The topological polar surface area (TPSA) is 42.3 Å². The first-order valence-corrected chi connectivity index (χ1v) is 14.0. The second-order valence-electron chi connectivity index (χ2n) is 11.5. The number of alkyl halides is 2. The van der Waals surface area contributed by atoms with Crippen molar-refractivity contribution in [1.29, 1.82) is 0 Å². The molecule has 0 bridgehead atoms. The summed E-state index contributed by atoms with van der Waals surface area (Å²) in [5.74, 6) is -4.09. The van der Waals surface area contributed by atoms with Gasteiger partial charge in [-0.15, -0.1) is 11.8 Å². The molecule has 0 radical (unpaired) electrons. The van der Waals surface area contributed by atoms with Crippen LogP contribution < -0.4 is 5.32 Å². The number of hydrogen-bond donors (Lipinski definition) is 1. The van der Waals surface area contributed by atoms with Gasteiger partial charge in [-0.05, 0) is 58.2 Å². The minimum Gasteiger partial charge on any atom is -0.367 e. The zero-order valence-electron chi connectivity index (χ0n) is 21.7. The van der Waals surface area contributed by atoms with Crippen molar-refractivity contribution in [1.82, 2.24) is 20.0 Å². The average molecular weight is 555 g/mol. The molecule has 37 heavy (non-hydrogen) atoms. The highest BCUT2D eigenvalue weighted by Crippen LogP contribution is 2.56. The molecule has 0 saturated carbocycles. The second kappa shape index (κ2) is 9.90. The van der Waals surface area contributed by atoms with E-state index >= 15 is 0 Å². The maximum absolute atomic E-state index is 15.0. The minimum absolute atomic E-state index is 0.100. The number of nitrogens with zero attached hydrogens (tertiary/aromatic N) is 3. The van der Waals surface area contributed by atoms with E-state index in [4.69, 9.17) is 16.3 Å². The molecule has 5 rings (SSSR count). The van der Waals surface area contributed by atoms with Crippen molar-refractivity contribution in [2.45, 2.75) is 75.9 Å². The van der Waals surface area contributed by atoms with Gasteiger partial charge in [-0.25, -0.2) is 17.9 Å². The highest BCUT2D eigenvalue weighted by Gasteiger charge is 2.60. The number of allylic oxidation sites excluding steroid dienone is 1. The fourth-order valence-corrected chi connectivity index (χ4v) is 7.34. The van der Waals surface area contributed by atoms with Gasteiger partial charge in [0.25, 0.3) is 5.92 Å². The van der Waals surface area contributed by atoms with Gasteiger partial charge in [0.15, 0.2) is 0 Å². The van der Waals surface area contributed by atoms with Crippen LogP contribution in [0.5, 0.6) is 0 Å². The van der Waals surface area contributed by atoms with E-state index in [2.05, 4.69) is 36.1 Å². The van der Waals surface area contributed by atoms with Crippen molar-refractivity contribution in [3.63, 3.8) is 0 Å². The quantitative estimate of drug-likeness (QED) is 0.489. The van der Waals surface area contributed by atoms with E-state index in [1.807, 2.05) is 19.2 Å². The van der Waals surface area contributed by atoms with Crippen LogP contribution in [-0.4, -0.2) is 56.7 Å². The van der Waals surface area contributed by atoms with Crippen LogP contribution in [0.4, 0.5) is 13.2 Å². The number of thioether (sulfide) groups is 1. The summed E-state index contributed by atoms with van der Waals surface area (Å²) in [5.41, 5.74) is 2.46. The Morgan fingerprint density at radius 3 is 2.65 bits per heavy atom. The van der Waals surface area contributed by atoms with Crippen LogP contribution in [0.1, 0.15) is 50.4 Å². The van der Waals surface area contributed by atoms with Crippen LogP contribution in [0.2, 0.25) is 0 Å². The molecular weight excluding hydrogens is 521 g/mol. The Balaban J connectivity index is 1.28. The van der Waals surface area contributed by atoms with Gasteiger partial charge in [-0.3, -0.25) is 4.90 Å². The summed E-state index contributed by atoms with van der Waals surface area (Å²) in [6.45, 7) is 10.2. The lowest BCUT2D eigenvalue weighted by Gasteiger charge is -2.51. The number of benzene rings is 1. The lowest BCUT2D eigenvalue weighted by atomic mass is 9.77. The number of halogens is 4. The molecule has 2 aromatic rings. The van der Waals surface area contributed by atoms with Gasteiger partial charge < -0.3 is 10.1 Å². The SMILES string of the molecule is Cc1nn(-c2c(F)cccc2CNC(C)(C)C)cc1CN1CCC2(CC1)OCC(F)(F)C1C=C(Cl)SC12. The maximum Gasteiger partial charge on any atom is 0.278 e. The lowest BCUT2D eigenvalue weighted by Crippen LogP contribution is -2.61. The number of piperidine rings is 1. The van der Waals surface area contributed by atoms with Crippen molar-refractivity contribution < 1.29 is 17.9 Å². The smallest absolute Gasteiger partial charge is 0.278 e. The van der Waals surface area contributed by atoms with E-state index in [0.717, 1.165) is 29.9 Å². The van der Waals surface area contributed by atoms with Gasteiger partial charge in [0.05, 0.1) is 26.8 Å². The minimum atomic E-state index is -2.89. The molecule has 1 aromatic carbocycles. The number of ether oxygens (including phenoxy) is 1. The highest BCUT2D eigenvalue weighted by atomic mass is 35.5. The van der Waals surface area contributed by atoms with E-state index in [1.165, 1.54) is 23.9 Å². The molecule has 0 amide bonds. The summed E-state index contributed by atoms with van der Waals surface area (Å²) < 4.78 is 51.9. The molecule has 2 fully saturated rings. The number of fused-ring (bicyclic) bond motifs is 2. The molecule has 3 aliphatic heterocycles. The number of nitrogens with one attached hydrogen (secondary N) is 1. The number of hydrogen-bond acceptors (Lipinski definition) is 5. The molecule has 10 heteroatoms. The average Bonchev–Trinajstić information content (AvgIpc) is 3.40. The largest absolute Gasteiger partial charge is 0.367 e. The van der Waals surface area contributed by atoms with Crippen molar-refractivity contribution in [3.8, 4) is 5.69 Å². The zero-order valence-corrected chi connectivity index (χ0v) is 23.2. The van der Waals surface area contributed by atoms with Crippen LogP contribution in [0.15, 0.2) is 34.8 Å². The Morgan fingerprint density at radius 1 is 1.22 bits per heavy atom. The second-order valence-corrected chi connectivity index (χ2v) is 13.3. The van der Waals surface area contributed by atoms with Crippen molar-refractivity contribution in [2.24, 2.45) is 5.92 Å². The Hall–Kier alpha value is -1.52. The molecule has 1 aromatic heterocycles. The lowest BCUT2D eigenvalue weighted by molar-refractivity contribution is -0.215. The molecule has 1 spiro atoms.